The first-order valence-corrected chi connectivity index (χ1v) is 9.08. The van der Waals surface area contributed by atoms with Crippen LogP contribution in [0.5, 0.6) is 0 Å². The van der Waals surface area contributed by atoms with Crippen LogP contribution in [0.15, 0.2) is 0 Å². The van der Waals surface area contributed by atoms with Crippen LogP contribution in [-0.2, 0) is 14.3 Å². The molecule has 1 N–H and O–H groups in total. The topological polar surface area (TPSA) is 55.8 Å². The van der Waals surface area contributed by atoms with Crippen molar-refractivity contribution in [1.29, 1.82) is 0 Å². The van der Waals surface area contributed by atoms with E-state index < -0.39 is 5.97 Å². The number of carboxylic acid groups (broad SMARTS) is 1. The molecule has 1 saturated carbocycles. The maximum atomic E-state index is 10.9. The van der Waals surface area contributed by atoms with E-state index in [0.717, 1.165) is 19.3 Å². The minimum Gasteiger partial charge on any atom is -0.481 e. The standard InChI is InChI=1S/C16H26O4S/c1-8-9(2)15-16(19-10(8)3)20-12-5-4-11(7-14(17)18)6-13(12)21-15/h8-13,15-16H,4-7H2,1-3H3,(H,17,18)/t8-,9?,10?,11?,12?,13?,15?,16?/m0/s1. The highest BCUT2D eigenvalue weighted by atomic mass is 32.2. The Balaban J connectivity index is 1.66. The van der Waals surface area contributed by atoms with E-state index in [1.165, 1.54) is 0 Å². The Morgan fingerprint density at radius 3 is 2.67 bits per heavy atom. The van der Waals surface area contributed by atoms with Crippen LogP contribution in [0.2, 0.25) is 0 Å². The number of aliphatic carboxylic acids is 1. The number of thioether (sulfide) groups is 1. The van der Waals surface area contributed by atoms with Gasteiger partial charge >= 0.3 is 5.97 Å². The van der Waals surface area contributed by atoms with Crippen LogP contribution in [0.3, 0.4) is 0 Å². The summed E-state index contributed by atoms with van der Waals surface area (Å²) < 4.78 is 12.3. The summed E-state index contributed by atoms with van der Waals surface area (Å²) in [4.78, 5) is 10.9. The van der Waals surface area contributed by atoms with Crippen LogP contribution >= 0.6 is 11.8 Å². The van der Waals surface area contributed by atoms with Crippen molar-refractivity contribution in [3.8, 4) is 0 Å². The van der Waals surface area contributed by atoms with Gasteiger partial charge in [-0.1, -0.05) is 13.8 Å². The molecule has 0 spiro atoms. The normalized spacial score (nSPS) is 50.0. The Labute approximate surface area is 131 Å². The van der Waals surface area contributed by atoms with E-state index in [2.05, 4.69) is 20.8 Å². The average Bonchev–Trinajstić information content (AvgIpc) is 2.43. The second-order valence-electron chi connectivity index (χ2n) is 7.02. The number of carboxylic acids is 1. The van der Waals surface area contributed by atoms with E-state index in [9.17, 15) is 4.79 Å². The van der Waals surface area contributed by atoms with Crippen LogP contribution in [-0.4, -0.2) is 40.1 Å². The summed E-state index contributed by atoms with van der Waals surface area (Å²) in [5.41, 5.74) is 0. The fourth-order valence-electron chi connectivity index (χ4n) is 3.97. The molecule has 2 aliphatic heterocycles. The molecular weight excluding hydrogens is 288 g/mol. The number of hydrogen-bond acceptors (Lipinski definition) is 4. The largest absolute Gasteiger partial charge is 0.481 e. The SMILES string of the molecule is CC1OC2OC3CCC(CC(=O)O)CC3SC2C(C)[C@@H]1C. The Bertz CT molecular complexity index is 402. The van der Waals surface area contributed by atoms with Gasteiger partial charge in [0.2, 0.25) is 0 Å². The van der Waals surface area contributed by atoms with Crippen molar-refractivity contribution in [2.24, 2.45) is 17.8 Å². The van der Waals surface area contributed by atoms with Crippen LogP contribution < -0.4 is 0 Å². The highest BCUT2D eigenvalue weighted by Gasteiger charge is 2.49. The molecule has 7 unspecified atom stereocenters. The van der Waals surface area contributed by atoms with Gasteiger partial charge in [-0.05, 0) is 43.9 Å². The molecule has 4 nitrogen and oxygen atoms in total. The summed E-state index contributed by atoms with van der Waals surface area (Å²) in [6, 6.07) is 0. The third-order valence-electron chi connectivity index (χ3n) is 5.65. The third-order valence-corrected chi connectivity index (χ3v) is 7.46. The second-order valence-corrected chi connectivity index (χ2v) is 8.44. The van der Waals surface area contributed by atoms with Gasteiger partial charge in [0, 0.05) is 11.7 Å². The third kappa shape index (κ3) is 3.10. The Morgan fingerprint density at radius 2 is 1.95 bits per heavy atom. The fraction of sp³-hybridized carbons (Fsp3) is 0.938. The van der Waals surface area contributed by atoms with Gasteiger partial charge in [-0.2, -0.15) is 0 Å². The van der Waals surface area contributed by atoms with Gasteiger partial charge in [-0.15, -0.1) is 11.8 Å². The monoisotopic (exact) mass is 314 g/mol. The van der Waals surface area contributed by atoms with Crippen molar-refractivity contribution in [3.63, 3.8) is 0 Å². The van der Waals surface area contributed by atoms with Crippen molar-refractivity contribution in [2.75, 3.05) is 0 Å². The summed E-state index contributed by atoms with van der Waals surface area (Å²) in [5, 5.41) is 9.83. The summed E-state index contributed by atoms with van der Waals surface area (Å²) >= 11 is 2.00. The minimum atomic E-state index is -0.671. The Morgan fingerprint density at radius 1 is 1.19 bits per heavy atom. The first kappa shape index (κ1) is 15.6. The van der Waals surface area contributed by atoms with Gasteiger partial charge in [-0.25, -0.2) is 0 Å². The van der Waals surface area contributed by atoms with Crippen molar-refractivity contribution in [1.82, 2.24) is 0 Å². The van der Waals surface area contributed by atoms with E-state index in [1.807, 2.05) is 11.8 Å². The molecule has 3 fully saturated rings. The zero-order valence-electron chi connectivity index (χ0n) is 13.0. The minimum absolute atomic E-state index is 0.0755. The molecule has 0 radical (unpaired) electrons. The predicted molar refractivity (Wildman–Crippen MR) is 82.3 cm³/mol. The second kappa shape index (κ2) is 6.09. The highest BCUT2D eigenvalue weighted by Crippen LogP contribution is 2.48. The predicted octanol–water partition coefficient (Wildman–Crippen LogP) is 3.15. The number of hydrogen-bond donors (Lipinski definition) is 1. The molecule has 0 aromatic carbocycles. The zero-order valence-corrected chi connectivity index (χ0v) is 13.8. The lowest BCUT2D eigenvalue weighted by molar-refractivity contribution is -0.238. The molecule has 3 rings (SSSR count). The Hall–Kier alpha value is -0.260. The van der Waals surface area contributed by atoms with Crippen LogP contribution in [0.25, 0.3) is 0 Å². The molecule has 0 aromatic rings. The van der Waals surface area contributed by atoms with Crippen molar-refractivity contribution in [2.45, 2.75) is 75.5 Å². The maximum Gasteiger partial charge on any atom is 0.303 e. The quantitative estimate of drug-likeness (QED) is 0.848. The molecule has 5 heteroatoms. The maximum absolute atomic E-state index is 10.9. The zero-order chi connectivity index (χ0) is 15.1. The molecule has 2 heterocycles. The molecule has 120 valence electrons. The van der Waals surface area contributed by atoms with E-state index in [1.54, 1.807) is 0 Å². The first-order chi connectivity index (χ1) is 9.95. The van der Waals surface area contributed by atoms with Crippen LogP contribution in [0, 0.1) is 17.8 Å². The first-order valence-electron chi connectivity index (χ1n) is 8.14. The molecular formula is C16H26O4S. The number of carbonyl (C=O) groups is 1. The fourth-order valence-corrected chi connectivity index (χ4v) is 5.89. The molecule has 21 heavy (non-hydrogen) atoms. The van der Waals surface area contributed by atoms with Crippen LogP contribution in [0.4, 0.5) is 0 Å². The van der Waals surface area contributed by atoms with Gasteiger partial charge in [-0.3, -0.25) is 4.79 Å². The number of fused-ring (bicyclic) bond motifs is 2. The van der Waals surface area contributed by atoms with Crippen molar-refractivity contribution < 1.29 is 19.4 Å². The van der Waals surface area contributed by atoms with Gasteiger partial charge < -0.3 is 14.6 Å². The van der Waals surface area contributed by atoms with Gasteiger partial charge in [0.25, 0.3) is 0 Å². The molecule has 0 amide bonds. The summed E-state index contributed by atoms with van der Waals surface area (Å²) in [6.07, 6.45) is 3.64. The van der Waals surface area contributed by atoms with E-state index in [-0.39, 0.29) is 18.5 Å². The Kier molecular flexibility index (Phi) is 4.53. The van der Waals surface area contributed by atoms with Gasteiger partial charge in [0.05, 0.1) is 17.5 Å². The smallest absolute Gasteiger partial charge is 0.303 e. The van der Waals surface area contributed by atoms with E-state index >= 15 is 0 Å². The van der Waals surface area contributed by atoms with Crippen molar-refractivity contribution >= 4 is 17.7 Å². The van der Waals surface area contributed by atoms with E-state index in [4.69, 9.17) is 14.6 Å². The molecule has 8 atom stereocenters. The van der Waals surface area contributed by atoms with Gasteiger partial charge in [0.1, 0.15) is 0 Å². The molecule has 2 saturated heterocycles. The molecule has 0 bridgehead atoms. The molecule has 1 aliphatic carbocycles. The summed E-state index contributed by atoms with van der Waals surface area (Å²) in [7, 11) is 0. The van der Waals surface area contributed by atoms with E-state index in [0.29, 0.717) is 34.7 Å². The molecule has 0 aromatic heterocycles. The number of rotatable bonds is 2. The average molecular weight is 314 g/mol. The lowest BCUT2D eigenvalue weighted by atomic mass is 9.83. The number of ether oxygens (including phenoxy) is 2. The van der Waals surface area contributed by atoms with Crippen LogP contribution in [0.1, 0.15) is 46.5 Å². The van der Waals surface area contributed by atoms with Gasteiger partial charge in [0.15, 0.2) is 6.29 Å². The molecule has 3 aliphatic rings. The highest BCUT2D eigenvalue weighted by molar-refractivity contribution is 8.00. The van der Waals surface area contributed by atoms with Crippen molar-refractivity contribution in [3.05, 3.63) is 0 Å². The lowest BCUT2D eigenvalue weighted by Gasteiger charge is -2.51. The summed E-state index contributed by atoms with van der Waals surface area (Å²) in [5.74, 6) is 0.754. The lowest BCUT2D eigenvalue weighted by Crippen LogP contribution is -2.55. The summed E-state index contributed by atoms with van der Waals surface area (Å²) in [6.45, 7) is 6.70.